The number of halogens is 2. The molecule has 3 nitrogen and oxygen atoms in total. The number of rotatable bonds is 3. The van der Waals surface area contributed by atoms with Gasteiger partial charge in [-0.15, -0.1) is 0 Å². The van der Waals surface area contributed by atoms with E-state index in [1.807, 2.05) is 4.90 Å². The highest BCUT2D eigenvalue weighted by Crippen LogP contribution is 2.24. The van der Waals surface area contributed by atoms with Gasteiger partial charge < -0.3 is 5.11 Å². The van der Waals surface area contributed by atoms with Gasteiger partial charge >= 0.3 is 5.97 Å². The third-order valence-corrected chi connectivity index (χ3v) is 3.70. The van der Waals surface area contributed by atoms with Crippen molar-refractivity contribution >= 4 is 17.6 Å². The molecule has 1 unspecified atom stereocenters. The second-order valence-corrected chi connectivity index (χ2v) is 5.00. The summed E-state index contributed by atoms with van der Waals surface area (Å²) in [6.07, 6.45) is 1.56. The molecule has 0 amide bonds. The largest absolute Gasteiger partial charge is 0.481 e. The average Bonchev–Trinajstić information content (AvgIpc) is 2.35. The van der Waals surface area contributed by atoms with E-state index in [0.29, 0.717) is 25.1 Å². The molecule has 1 aliphatic rings. The summed E-state index contributed by atoms with van der Waals surface area (Å²) in [6.45, 7) is 1.83. The van der Waals surface area contributed by atoms with Gasteiger partial charge in [0.2, 0.25) is 0 Å². The van der Waals surface area contributed by atoms with Crippen LogP contribution in [0, 0.1) is 11.7 Å². The Labute approximate surface area is 110 Å². The first-order chi connectivity index (χ1) is 8.58. The lowest BCUT2D eigenvalue weighted by Gasteiger charge is -2.30. The van der Waals surface area contributed by atoms with E-state index in [0.717, 1.165) is 13.0 Å². The molecule has 1 aliphatic heterocycles. The van der Waals surface area contributed by atoms with Crippen LogP contribution in [0.3, 0.4) is 0 Å². The van der Waals surface area contributed by atoms with E-state index in [2.05, 4.69) is 0 Å². The zero-order valence-electron chi connectivity index (χ0n) is 9.90. The molecular weight excluding hydrogens is 257 g/mol. The monoisotopic (exact) mass is 271 g/mol. The SMILES string of the molecule is O=C(O)C1CCCN(Cc2cccc(F)c2Cl)C1. The van der Waals surface area contributed by atoms with Crippen LogP contribution in [0.5, 0.6) is 0 Å². The maximum atomic E-state index is 13.3. The molecule has 2 rings (SSSR count). The normalized spacial score (nSPS) is 20.9. The van der Waals surface area contributed by atoms with Crippen LogP contribution in [0.4, 0.5) is 4.39 Å². The van der Waals surface area contributed by atoms with Gasteiger partial charge in [-0.25, -0.2) is 4.39 Å². The summed E-state index contributed by atoms with van der Waals surface area (Å²) < 4.78 is 13.3. The predicted molar refractivity (Wildman–Crippen MR) is 67.0 cm³/mol. The summed E-state index contributed by atoms with van der Waals surface area (Å²) in [6, 6.07) is 4.72. The number of hydrogen-bond donors (Lipinski definition) is 1. The second-order valence-electron chi connectivity index (χ2n) is 4.63. The van der Waals surface area contributed by atoms with Crippen LogP contribution in [0.1, 0.15) is 18.4 Å². The number of likely N-dealkylation sites (tertiary alicyclic amines) is 1. The number of aliphatic carboxylic acids is 1. The minimum atomic E-state index is -0.759. The molecule has 5 heteroatoms. The van der Waals surface area contributed by atoms with Crippen molar-refractivity contribution in [3.8, 4) is 0 Å². The number of piperidine rings is 1. The van der Waals surface area contributed by atoms with Crippen LogP contribution >= 0.6 is 11.6 Å². The zero-order chi connectivity index (χ0) is 13.1. The first-order valence-corrected chi connectivity index (χ1v) is 6.34. The predicted octanol–water partition coefficient (Wildman–Crippen LogP) is 2.78. The van der Waals surface area contributed by atoms with Crippen molar-refractivity contribution < 1.29 is 14.3 Å². The van der Waals surface area contributed by atoms with Gasteiger partial charge in [0.1, 0.15) is 5.82 Å². The Bertz CT molecular complexity index is 453. The molecule has 1 saturated heterocycles. The Hall–Kier alpha value is -1.13. The fourth-order valence-electron chi connectivity index (χ4n) is 2.31. The molecule has 0 spiro atoms. The van der Waals surface area contributed by atoms with Crippen LogP contribution in [0.2, 0.25) is 5.02 Å². The van der Waals surface area contributed by atoms with Crippen LogP contribution in [0.25, 0.3) is 0 Å². The van der Waals surface area contributed by atoms with Gasteiger partial charge in [0.15, 0.2) is 0 Å². The minimum Gasteiger partial charge on any atom is -0.481 e. The van der Waals surface area contributed by atoms with Crippen molar-refractivity contribution in [3.05, 3.63) is 34.6 Å². The molecule has 98 valence electrons. The molecular formula is C13H15ClFNO2. The fourth-order valence-corrected chi connectivity index (χ4v) is 2.50. The van der Waals surface area contributed by atoms with Crippen molar-refractivity contribution in [1.29, 1.82) is 0 Å². The van der Waals surface area contributed by atoms with Gasteiger partial charge in [0, 0.05) is 13.1 Å². The maximum Gasteiger partial charge on any atom is 0.307 e. The van der Waals surface area contributed by atoms with E-state index >= 15 is 0 Å². The highest BCUT2D eigenvalue weighted by Gasteiger charge is 2.25. The summed E-state index contributed by atoms with van der Waals surface area (Å²) in [5, 5.41) is 9.14. The van der Waals surface area contributed by atoms with E-state index in [1.54, 1.807) is 12.1 Å². The van der Waals surface area contributed by atoms with Crippen LogP contribution in [-0.4, -0.2) is 29.1 Å². The Morgan fingerprint density at radius 2 is 2.33 bits per heavy atom. The highest BCUT2D eigenvalue weighted by molar-refractivity contribution is 6.31. The van der Waals surface area contributed by atoms with Crippen molar-refractivity contribution in [2.24, 2.45) is 5.92 Å². The Kier molecular flexibility index (Phi) is 4.19. The molecule has 0 aromatic heterocycles. The molecule has 0 radical (unpaired) electrons. The summed E-state index contributed by atoms with van der Waals surface area (Å²) in [7, 11) is 0. The summed E-state index contributed by atoms with van der Waals surface area (Å²) >= 11 is 5.89. The van der Waals surface area contributed by atoms with E-state index in [-0.39, 0.29) is 10.9 Å². The summed E-state index contributed by atoms with van der Waals surface area (Å²) in [5.74, 6) is -1.52. The molecule has 0 saturated carbocycles. The quantitative estimate of drug-likeness (QED) is 0.919. The number of benzene rings is 1. The molecule has 1 aromatic carbocycles. The third-order valence-electron chi connectivity index (χ3n) is 3.28. The molecule has 18 heavy (non-hydrogen) atoms. The minimum absolute atomic E-state index is 0.134. The number of carboxylic acids is 1. The maximum absolute atomic E-state index is 13.3. The lowest BCUT2D eigenvalue weighted by molar-refractivity contribution is -0.143. The molecule has 1 fully saturated rings. The number of carboxylic acid groups (broad SMARTS) is 1. The standard InChI is InChI=1S/C13H15ClFNO2/c14-12-9(3-1-5-11(12)15)7-16-6-2-4-10(8-16)13(17)18/h1,3,5,10H,2,4,6-8H2,(H,17,18). The molecule has 0 aliphatic carbocycles. The Balaban J connectivity index is 2.05. The number of nitrogens with zero attached hydrogens (tertiary/aromatic N) is 1. The van der Waals surface area contributed by atoms with Crippen LogP contribution in [-0.2, 0) is 11.3 Å². The van der Waals surface area contributed by atoms with E-state index in [4.69, 9.17) is 16.7 Å². The van der Waals surface area contributed by atoms with Crippen LogP contribution < -0.4 is 0 Å². The van der Waals surface area contributed by atoms with Gasteiger partial charge in [-0.1, -0.05) is 23.7 Å². The second kappa shape index (κ2) is 5.67. The first-order valence-electron chi connectivity index (χ1n) is 5.96. The van der Waals surface area contributed by atoms with Gasteiger partial charge in [-0.05, 0) is 31.0 Å². The van der Waals surface area contributed by atoms with Crippen molar-refractivity contribution in [2.75, 3.05) is 13.1 Å². The molecule has 1 N–H and O–H groups in total. The number of hydrogen-bond acceptors (Lipinski definition) is 2. The lowest BCUT2D eigenvalue weighted by Crippen LogP contribution is -2.38. The van der Waals surface area contributed by atoms with E-state index in [1.165, 1.54) is 6.07 Å². The molecule has 1 aromatic rings. The Morgan fingerprint density at radius 1 is 1.56 bits per heavy atom. The first kappa shape index (κ1) is 13.3. The van der Waals surface area contributed by atoms with Crippen molar-refractivity contribution in [1.82, 2.24) is 4.90 Å². The van der Waals surface area contributed by atoms with Gasteiger partial charge in [0.25, 0.3) is 0 Å². The number of carbonyl (C=O) groups is 1. The van der Waals surface area contributed by atoms with E-state index in [9.17, 15) is 9.18 Å². The fraction of sp³-hybridized carbons (Fsp3) is 0.462. The van der Waals surface area contributed by atoms with Gasteiger partial charge in [-0.3, -0.25) is 9.69 Å². The van der Waals surface area contributed by atoms with Crippen LogP contribution in [0.15, 0.2) is 18.2 Å². The molecule has 0 bridgehead atoms. The van der Waals surface area contributed by atoms with Crippen molar-refractivity contribution in [2.45, 2.75) is 19.4 Å². The smallest absolute Gasteiger partial charge is 0.307 e. The van der Waals surface area contributed by atoms with Crippen molar-refractivity contribution in [3.63, 3.8) is 0 Å². The third kappa shape index (κ3) is 3.00. The average molecular weight is 272 g/mol. The molecule has 1 atom stereocenters. The summed E-state index contributed by atoms with van der Waals surface area (Å²) in [5.41, 5.74) is 0.711. The summed E-state index contributed by atoms with van der Waals surface area (Å²) in [4.78, 5) is 13.0. The van der Waals surface area contributed by atoms with Gasteiger partial charge in [0.05, 0.1) is 10.9 Å². The lowest BCUT2D eigenvalue weighted by atomic mass is 9.98. The van der Waals surface area contributed by atoms with E-state index < -0.39 is 11.8 Å². The van der Waals surface area contributed by atoms with Gasteiger partial charge in [-0.2, -0.15) is 0 Å². The molecule has 1 heterocycles. The highest BCUT2D eigenvalue weighted by atomic mass is 35.5. The topological polar surface area (TPSA) is 40.5 Å². The Morgan fingerprint density at radius 3 is 3.06 bits per heavy atom. The zero-order valence-corrected chi connectivity index (χ0v) is 10.7.